The van der Waals surface area contributed by atoms with Crippen LogP contribution in [0.15, 0.2) is 54.6 Å². The molecule has 2 aromatic carbocycles. The second kappa shape index (κ2) is 9.09. The number of nitrogens with zero attached hydrogens (tertiary/aromatic N) is 3. The minimum absolute atomic E-state index is 0.0114. The topological polar surface area (TPSA) is 73.0 Å². The van der Waals surface area contributed by atoms with Gasteiger partial charge in [-0.15, -0.1) is 0 Å². The summed E-state index contributed by atoms with van der Waals surface area (Å²) in [4.78, 5) is 42.6. The van der Waals surface area contributed by atoms with Crippen LogP contribution in [0.1, 0.15) is 23.2 Å². The highest BCUT2D eigenvalue weighted by Crippen LogP contribution is 2.22. The highest BCUT2D eigenvalue weighted by Gasteiger charge is 2.25. The Morgan fingerprint density at radius 2 is 1.57 bits per heavy atom. The van der Waals surface area contributed by atoms with E-state index in [0.717, 1.165) is 24.3 Å². The molecule has 2 fully saturated rings. The Hall–Kier alpha value is -3.19. The number of anilines is 2. The van der Waals surface area contributed by atoms with Crippen molar-refractivity contribution in [1.82, 2.24) is 9.80 Å². The summed E-state index contributed by atoms with van der Waals surface area (Å²) in [7, 11) is 0. The Balaban J connectivity index is 1.27. The number of rotatable bonds is 5. The second-order valence-electron chi connectivity index (χ2n) is 7.68. The minimum atomic E-state index is -0.0481. The van der Waals surface area contributed by atoms with E-state index in [-0.39, 0.29) is 17.7 Å². The van der Waals surface area contributed by atoms with Crippen molar-refractivity contribution < 1.29 is 14.4 Å². The molecule has 0 atom stereocenters. The van der Waals surface area contributed by atoms with Gasteiger partial charge in [0.1, 0.15) is 0 Å². The van der Waals surface area contributed by atoms with Crippen LogP contribution < -0.4 is 10.2 Å². The van der Waals surface area contributed by atoms with E-state index in [4.69, 9.17) is 0 Å². The van der Waals surface area contributed by atoms with Gasteiger partial charge < -0.3 is 15.1 Å². The Morgan fingerprint density at radius 1 is 0.867 bits per heavy atom. The van der Waals surface area contributed by atoms with Crippen molar-refractivity contribution in [3.63, 3.8) is 0 Å². The lowest BCUT2D eigenvalue weighted by Crippen LogP contribution is -2.50. The van der Waals surface area contributed by atoms with Gasteiger partial charge in [0.25, 0.3) is 5.91 Å². The van der Waals surface area contributed by atoms with Gasteiger partial charge in [0, 0.05) is 56.1 Å². The Kier molecular flexibility index (Phi) is 6.09. The summed E-state index contributed by atoms with van der Waals surface area (Å²) in [6, 6.07) is 16.7. The number of carbonyl (C=O) groups is 3. The zero-order chi connectivity index (χ0) is 20.9. The molecule has 2 saturated heterocycles. The van der Waals surface area contributed by atoms with Gasteiger partial charge >= 0.3 is 0 Å². The van der Waals surface area contributed by atoms with Crippen LogP contribution >= 0.6 is 0 Å². The monoisotopic (exact) mass is 406 g/mol. The Bertz CT molecular complexity index is 906. The van der Waals surface area contributed by atoms with Crippen LogP contribution in [-0.4, -0.2) is 66.8 Å². The summed E-state index contributed by atoms with van der Waals surface area (Å²) in [5, 5.41) is 2.89. The fourth-order valence-electron chi connectivity index (χ4n) is 3.92. The highest BCUT2D eigenvalue weighted by molar-refractivity contribution is 5.97. The minimum Gasteiger partial charge on any atom is -0.336 e. The summed E-state index contributed by atoms with van der Waals surface area (Å²) >= 11 is 0. The number of nitrogens with one attached hydrogen (secondary N) is 1. The Morgan fingerprint density at radius 3 is 2.20 bits per heavy atom. The third-order valence-corrected chi connectivity index (χ3v) is 5.58. The molecule has 0 radical (unpaired) electrons. The first-order valence-corrected chi connectivity index (χ1v) is 10.4. The standard InChI is InChI=1S/C23H26N4O3/c28-21(24-19-5-2-1-3-6-19)17-25-13-15-26(16-14-25)23(30)18-8-10-20(11-9-18)27-12-4-7-22(27)29/h1-3,5-6,8-11H,4,7,12-17H2,(H,24,28). The number of piperazine rings is 1. The van der Waals surface area contributed by atoms with Crippen molar-refractivity contribution in [3.8, 4) is 0 Å². The van der Waals surface area contributed by atoms with Gasteiger partial charge in [-0.25, -0.2) is 0 Å². The molecule has 7 heteroatoms. The van der Waals surface area contributed by atoms with Crippen molar-refractivity contribution in [2.75, 3.05) is 49.5 Å². The van der Waals surface area contributed by atoms with Crippen LogP contribution in [0.25, 0.3) is 0 Å². The first kappa shape index (κ1) is 20.1. The predicted octanol–water partition coefficient (Wildman–Crippen LogP) is 2.21. The molecule has 0 spiro atoms. The molecule has 0 saturated carbocycles. The molecule has 2 aliphatic heterocycles. The van der Waals surface area contributed by atoms with Crippen LogP contribution in [-0.2, 0) is 9.59 Å². The van der Waals surface area contributed by atoms with E-state index in [1.54, 1.807) is 17.0 Å². The highest BCUT2D eigenvalue weighted by atomic mass is 16.2. The maximum atomic E-state index is 12.8. The molecule has 4 rings (SSSR count). The molecule has 2 heterocycles. The number of amides is 3. The van der Waals surface area contributed by atoms with Gasteiger partial charge in [0.15, 0.2) is 0 Å². The molecule has 156 valence electrons. The van der Waals surface area contributed by atoms with Gasteiger partial charge in [-0.2, -0.15) is 0 Å². The zero-order valence-electron chi connectivity index (χ0n) is 16.9. The first-order valence-electron chi connectivity index (χ1n) is 10.4. The van der Waals surface area contributed by atoms with Crippen molar-refractivity contribution in [3.05, 3.63) is 60.2 Å². The van der Waals surface area contributed by atoms with Gasteiger partial charge in [0.2, 0.25) is 11.8 Å². The zero-order valence-corrected chi connectivity index (χ0v) is 16.9. The van der Waals surface area contributed by atoms with Crippen molar-refractivity contribution in [2.24, 2.45) is 0 Å². The molecule has 0 aromatic heterocycles. The molecule has 3 amide bonds. The van der Waals surface area contributed by atoms with Crippen LogP contribution in [0.5, 0.6) is 0 Å². The lowest BCUT2D eigenvalue weighted by molar-refractivity contribution is -0.118. The maximum absolute atomic E-state index is 12.8. The quantitative estimate of drug-likeness (QED) is 0.826. The van der Waals surface area contributed by atoms with Crippen LogP contribution in [0.3, 0.4) is 0 Å². The number of hydrogen-bond acceptors (Lipinski definition) is 4. The van der Waals surface area contributed by atoms with Crippen molar-refractivity contribution in [2.45, 2.75) is 12.8 Å². The second-order valence-corrected chi connectivity index (χ2v) is 7.68. The molecule has 0 aliphatic carbocycles. The van der Waals surface area contributed by atoms with Gasteiger partial charge in [0.05, 0.1) is 6.54 Å². The summed E-state index contributed by atoms with van der Waals surface area (Å²) in [5.74, 6) is 0.0808. The molecule has 1 N–H and O–H groups in total. The van der Waals surface area contributed by atoms with Crippen molar-refractivity contribution in [1.29, 1.82) is 0 Å². The molecular weight excluding hydrogens is 380 g/mol. The molecule has 7 nitrogen and oxygen atoms in total. The fraction of sp³-hybridized carbons (Fsp3) is 0.348. The third kappa shape index (κ3) is 4.68. The van der Waals surface area contributed by atoms with Gasteiger partial charge in [-0.3, -0.25) is 19.3 Å². The lowest BCUT2D eigenvalue weighted by Gasteiger charge is -2.34. The van der Waals surface area contributed by atoms with E-state index >= 15 is 0 Å². The van der Waals surface area contributed by atoms with Crippen LogP contribution in [0.2, 0.25) is 0 Å². The van der Waals surface area contributed by atoms with Gasteiger partial charge in [-0.05, 0) is 42.8 Å². The summed E-state index contributed by atoms with van der Waals surface area (Å²) in [5.41, 5.74) is 2.26. The molecule has 2 aromatic rings. The predicted molar refractivity (Wildman–Crippen MR) is 115 cm³/mol. The molecule has 30 heavy (non-hydrogen) atoms. The van der Waals surface area contributed by atoms with E-state index in [0.29, 0.717) is 44.7 Å². The molecule has 2 aliphatic rings. The maximum Gasteiger partial charge on any atom is 0.253 e. The molecule has 0 unspecified atom stereocenters. The average Bonchev–Trinajstić information content (AvgIpc) is 3.20. The average molecular weight is 406 g/mol. The largest absolute Gasteiger partial charge is 0.336 e. The summed E-state index contributed by atoms with van der Waals surface area (Å²) in [6.45, 7) is 3.55. The van der Waals surface area contributed by atoms with E-state index < -0.39 is 0 Å². The van der Waals surface area contributed by atoms with Crippen LogP contribution in [0.4, 0.5) is 11.4 Å². The Labute approximate surface area is 176 Å². The normalized spacial score (nSPS) is 17.3. The van der Waals surface area contributed by atoms with E-state index in [1.807, 2.05) is 47.4 Å². The van der Waals surface area contributed by atoms with Crippen molar-refractivity contribution >= 4 is 29.1 Å². The summed E-state index contributed by atoms with van der Waals surface area (Å²) < 4.78 is 0. The van der Waals surface area contributed by atoms with E-state index in [1.165, 1.54) is 0 Å². The first-order chi connectivity index (χ1) is 14.6. The number of para-hydroxylation sites is 1. The fourth-order valence-corrected chi connectivity index (χ4v) is 3.92. The smallest absolute Gasteiger partial charge is 0.253 e. The number of hydrogen-bond donors (Lipinski definition) is 1. The van der Waals surface area contributed by atoms with Crippen LogP contribution in [0, 0.1) is 0 Å². The lowest BCUT2D eigenvalue weighted by atomic mass is 10.1. The van der Waals surface area contributed by atoms with E-state index in [2.05, 4.69) is 10.2 Å². The number of benzene rings is 2. The SMILES string of the molecule is O=C(CN1CCN(C(=O)c2ccc(N3CCCC3=O)cc2)CC1)Nc1ccccc1. The van der Waals surface area contributed by atoms with Gasteiger partial charge in [-0.1, -0.05) is 18.2 Å². The van der Waals surface area contributed by atoms with E-state index in [9.17, 15) is 14.4 Å². The summed E-state index contributed by atoms with van der Waals surface area (Å²) in [6.07, 6.45) is 1.47. The number of carbonyl (C=O) groups excluding carboxylic acids is 3. The third-order valence-electron chi connectivity index (χ3n) is 5.58. The molecule has 0 bridgehead atoms. The molecular formula is C23H26N4O3.